The summed E-state index contributed by atoms with van der Waals surface area (Å²) in [4.78, 5) is 25.0. The van der Waals surface area contributed by atoms with E-state index in [0.29, 0.717) is 5.69 Å². The first-order valence-electron chi connectivity index (χ1n) is 7.48. The highest BCUT2D eigenvalue weighted by molar-refractivity contribution is 8.00. The predicted molar refractivity (Wildman–Crippen MR) is 94.3 cm³/mol. The molecule has 1 N–H and O–H groups in total. The van der Waals surface area contributed by atoms with Crippen molar-refractivity contribution in [3.63, 3.8) is 0 Å². The monoisotopic (exact) mass is 339 g/mol. The van der Waals surface area contributed by atoms with Gasteiger partial charge in [-0.3, -0.25) is 9.36 Å². The van der Waals surface area contributed by atoms with Crippen molar-refractivity contribution >= 4 is 23.4 Å². The third-order valence-corrected chi connectivity index (χ3v) is 4.44. The van der Waals surface area contributed by atoms with Gasteiger partial charge in [-0.2, -0.15) is 0 Å². The van der Waals surface area contributed by atoms with Crippen LogP contribution < -0.4 is 5.32 Å². The number of imidazole rings is 1. The fourth-order valence-electron chi connectivity index (χ4n) is 2.12. The molecule has 122 valence electrons. The highest BCUT2D eigenvalue weighted by Crippen LogP contribution is 2.21. The maximum atomic E-state index is 12.3. The molecular formula is C17H17N5OS. The second-order valence-electron chi connectivity index (χ2n) is 5.17. The number of carbonyl (C=O) groups is 1. The lowest BCUT2D eigenvalue weighted by atomic mass is 10.3. The van der Waals surface area contributed by atoms with Gasteiger partial charge in [0.1, 0.15) is 11.6 Å². The van der Waals surface area contributed by atoms with Gasteiger partial charge in [0, 0.05) is 18.6 Å². The Hall–Kier alpha value is -2.67. The molecule has 0 aliphatic rings. The van der Waals surface area contributed by atoms with E-state index in [2.05, 4.69) is 20.3 Å². The van der Waals surface area contributed by atoms with Crippen molar-refractivity contribution < 1.29 is 4.79 Å². The minimum atomic E-state index is -0.254. The van der Waals surface area contributed by atoms with Gasteiger partial charge in [0.15, 0.2) is 0 Å². The molecule has 3 aromatic rings. The second kappa shape index (κ2) is 7.27. The van der Waals surface area contributed by atoms with Crippen molar-refractivity contribution in [1.29, 1.82) is 0 Å². The summed E-state index contributed by atoms with van der Waals surface area (Å²) < 4.78 is 1.88. The quantitative estimate of drug-likeness (QED) is 0.723. The van der Waals surface area contributed by atoms with Crippen LogP contribution in [0.4, 0.5) is 5.69 Å². The highest BCUT2D eigenvalue weighted by atomic mass is 32.2. The molecule has 0 bridgehead atoms. The van der Waals surface area contributed by atoms with E-state index in [4.69, 9.17) is 0 Å². The van der Waals surface area contributed by atoms with E-state index in [0.717, 1.165) is 16.7 Å². The van der Waals surface area contributed by atoms with Crippen molar-refractivity contribution in [3.05, 3.63) is 60.9 Å². The number of anilines is 1. The Balaban J connectivity index is 1.63. The van der Waals surface area contributed by atoms with Crippen molar-refractivity contribution in [2.24, 2.45) is 0 Å². The molecule has 0 spiro atoms. The molecule has 3 rings (SSSR count). The average molecular weight is 339 g/mol. The van der Waals surface area contributed by atoms with Gasteiger partial charge in [-0.25, -0.2) is 15.0 Å². The Morgan fingerprint density at radius 3 is 2.67 bits per heavy atom. The van der Waals surface area contributed by atoms with Crippen LogP contribution in [0, 0.1) is 6.92 Å². The van der Waals surface area contributed by atoms with Crippen LogP contribution in [0.15, 0.2) is 60.1 Å². The zero-order valence-corrected chi connectivity index (χ0v) is 14.2. The number of aryl methyl sites for hydroxylation is 1. The number of nitrogens with zero attached hydrogens (tertiary/aromatic N) is 4. The van der Waals surface area contributed by atoms with E-state index < -0.39 is 0 Å². The van der Waals surface area contributed by atoms with Crippen LogP contribution in [-0.4, -0.2) is 30.7 Å². The second-order valence-corrected chi connectivity index (χ2v) is 6.53. The molecule has 0 aliphatic heterocycles. The summed E-state index contributed by atoms with van der Waals surface area (Å²) in [6, 6.07) is 9.32. The fourth-order valence-corrected chi connectivity index (χ4v) is 2.92. The Morgan fingerprint density at radius 1 is 1.17 bits per heavy atom. The Bertz CT molecular complexity index is 817. The first-order valence-corrected chi connectivity index (χ1v) is 8.36. The zero-order valence-electron chi connectivity index (χ0n) is 13.4. The Kier molecular flexibility index (Phi) is 4.90. The number of thioether (sulfide) groups is 1. The van der Waals surface area contributed by atoms with E-state index >= 15 is 0 Å². The molecule has 3 aromatic heterocycles. The van der Waals surface area contributed by atoms with Gasteiger partial charge in [0.05, 0.1) is 22.2 Å². The minimum absolute atomic E-state index is 0.0842. The molecular weight excluding hydrogens is 322 g/mol. The van der Waals surface area contributed by atoms with Gasteiger partial charge in [0.2, 0.25) is 5.91 Å². The van der Waals surface area contributed by atoms with Gasteiger partial charge < -0.3 is 5.32 Å². The summed E-state index contributed by atoms with van der Waals surface area (Å²) in [5, 5.41) is 3.44. The molecule has 1 amide bonds. The van der Waals surface area contributed by atoms with Crippen LogP contribution in [0.3, 0.4) is 0 Å². The van der Waals surface area contributed by atoms with Crippen molar-refractivity contribution in [1.82, 2.24) is 19.5 Å². The number of hydrogen-bond donors (Lipinski definition) is 1. The fraction of sp³-hybridized carbons (Fsp3) is 0.176. The number of aromatic nitrogens is 4. The van der Waals surface area contributed by atoms with Crippen LogP contribution in [0.1, 0.15) is 12.7 Å². The number of rotatable bonds is 5. The topological polar surface area (TPSA) is 72.7 Å². The van der Waals surface area contributed by atoms with Crippen molar-refractivity contribution in [2.45, 2.75) is 24.1 Å². The lowest BCUT2D eigenvalue weighted by molar-refractivity contribution is -0.115. The standard InChI is InChI=1S/C17H17N5OS/c1-12(24-16-5-3-4-8-19-16)17(23)21-14-6-7-15(20-11-14)22-10-9-18-13(22)2/h3-12H,1-2H3,(H,21,23)/t12-/m1/s1. The van der Waals surface area contributed by atoms with E-state index in [9.17, 15) is 4.79 Å². The molecule has 0 aliphatic carbocycles. The normalized spacial score (nSPS) is 11.9. The number of nitrogens with one attached hydrogen (secondary N) is 1. The Labute approximate surface area is 144 Å². The molecule has 0 radical (unpaired) electrons. The number of hydrogen-bond acceptors (Lipinski definition) is 5. The predicted octanol–water partition coefficient (Wildman–Crippen LogP) is 3.09. The van der Waals surface area contributed by atoms with Crippen LogP contribution in [0.5, 0.6) is 0 Å². The minimum Gasteiger partial charge on any atom is -0.324 e. The third kappa shape index (κ3) is 3.80. The van der Waals surface area contributed by atoms with Crippen LogP contribution in [0.25, 0.3) is 5.82 Å². The summed E-state index contributed by atoms with van der Waals surface area (Å²) in [7, 11) is 0. The maximum absolute atomic E-state index is 12.3. The lowest BCUT2D eigenvalue weighted by Gasteiger charge is -2.12. The summed E-state index contributed by atoms with van der Waals surface area (Å²) in [5.41, 5.74) is 0.662. The van der Waals surface area contributed by atoms with Gasteiger partial charge in [-0.15, -0.1) is 0 Å². The van der Waals surface area contributed by atoms with E-state index in [1.54, 1.807) is 18.6 Å². The number of carbonyl (C=O) groups excluding carboxylic acids is 1. The zero-order chi connectivity index (χ0) is 16.9. The molecule has 1 atom stereocenters. The first-order chi connectivity index (χ1) is 11.6. The summed E-state index contributed by atoms with van der Waals surface area (Å²) in [5.74, 6) is 1.54. The summed E-state index contributed by atoms with van der Waals surface area (Å²) in [6.07, 6.45) is 6.93. The molecule has 0 fully saturated rings. The van der Waals surface area contributed by atoms with Crippen LogP contribution in [-0.2, 0) is 4.79 Å². The molecule has 7 heteroatoms. The SMILES string of the molecule is Cc1nccn1-c1ccc(NC(=O)[C@@H](C)Sc2ccccn2)cn1. The number of pyridine rings is 2. The van der Waals surface area contributed by atoms with Crippen molar-refractivity contribution in [3.8, 4) is 5.82 Å². The first kappa shape index (κ1) is 16.2. The Morgan fingerprint density at radius 2 is 2.04 bits per heavy atom. The molecule has 6 nitrogen and oxygen atoms in total. The average Bonchev–Trinajstić information content (AvgIpc) is 3.02. The summed E-state index contributed by atoms with van der Waals surface area (Å²) >= 11 is 1.42. The largest absolute Gasteiger partial charge is 0.324 e. The van der Waals surface area contributed by atoms with Crippen LogP contribution >= 0.6 is 11.8 Å². The third-order valence-electron chi connectivity index (χ3n) is 3.39. The summed E-state index contributed by atoms with van der Waals surface area (Å²) in [6.45, 7) is 3.76. The molecule has 0 aromatic carbocycles. The van der Waals surface area contributed by atoms with Gasteiger partial charge in [-0.1, -0.05) is 17.8 Å². The van der Waals surface area contributed by atoms with Gasteiger partial charge in [-0.05, 0) is 38.1 Å². The van der Waals surface area contributed by atoms with E-state index in [1.807, 2.05) is 54.9 Å². The number of amides is 1. The molecule has 24 heavy (non-hydrogen) atoms. The van der Waals surface area contributed by atoms with E-state index in [1.165, 1.54) is 11.8 Å². The molecule has 0 saturated carbocycles. The van der Waals surface area contributed by atoms with E-state index in [-0.39, 0.29) is 11.2 Å². The molecule has 3 heterocycles. The van der Waals surface area contributed by atoms with Crippen LogP contribution in [0.2, 0.25) is 0 Å². The van der Waals surface area contributed by atoms with Crippen molar-refractivity contribution in [2.75, 3.05) is 5.32 Å². The smallest absolute Gasteiger partial charge is 0.237 e. The molecule has 0 saturated heterocycles. The lowest BCUT2D eigenvalue weighted by Crippen LogP contribution is -2.22. The highest BCUT2D eigenvalue weighted by Gasteiger charge is 2.15. The molecule has 0 unspecified atom stereocenters. The van der Waals surface area contributed by atoms with Gasteiger partial charge in [0.25, 0.3) is 0 Å². The maximum Gasteiger partial charge on any atom is 0.237 e. The van der Waals surface area contributed by atoms with Gasteiger partial charge >= 0.3 is 0 Å².